The quantitative estimate of drug-likeness (QED) is 0.793. The van der Waals surface area contributed by atoms with Crippen molar-refractivity contribution < 1.29 is 19.1 Å². The van der Waals surface area contributed by atoms with Gasteiger partial charge >= 0.3 is 5.97 Å². The summed E-state index contributed by atoms with van der Waals surface area (Å²) < 4.78 is 4.55. The number of anilines is 1. The van der Waals surface area contributed by atoms with Crippen LogP contribution in [0.3, 0.4) is 0 Å². The highest BCUT2D eigenvalue weighted by atomic mass is 32.2. The van der Waals surface area contributed by atoms with Crippen molar-refractivity contribution in [2.45, 2.75) is 12.8 Å². The van der Waals surface area contributed by atoms with Gasteiger partial charge in [-0.1, -0.05) is 11.8 Å². The normalized spacial score (nSPS) is 14.3. The topological polar surface area (TPSA) is 88.6 Å². The number of methoxy groups -OCH3 is 1. The zero-order valence-corrected chi connectivity index (χ0v) is 13.1. The van der Waals surface area contributed by atoms with Crippen LogP contribution in [-0.4, -0.2) is 53.0 Å². The summed E-state index contributed by atoms with van der Waals surface area (Å²) in [5, 5.41) is 4.84. The van der Waals surface area contributed by atoms with E-state index in [0.29, 0.717) is 23.9 Å². The maximum Gasteiger partial charge on any atom is 0.311 e. The van der Waals surface area contributed by atoms with Crippen LogP contribution < -0.4 is 5.32 Å². The van der Waals surface area contributed by atoms with E-state index in [9.17, 15) is 14.4 Å². The number of rotatable bonds is 6. The molecule has 0 aromatic carbocycles. The van der Waals surface area contributed by atoms with Crippen LogP contribution in [0.2, 0.25) is 0 Å². The molecule has 9 heteroatoms. The maximum atomic E-state index is 11.8. The van der Waals surface area contributed by atoms with Crippen LogP contribution in [0.15, 0.2) is 5.38 Å². The van der Waals surface area contributed by atoms with Crippen LogP contribution >= 0.6 is 23.1 Å². The Morgan fingerprint density at radius 1 is 1.52 bits per heavy atom. The molecule has 0 bridgehead atoms. The third-order valence-electron chi connectivity index (χ3n) is 2.80. The minimum absolute atomic E-state index is 0.0254. The lowest BCUT2D eigenvalue weighted by molar-refractivity contribution is -0.139. The van der Waals surface area contributed by atoms with E-state index in [4.69, 9.17) is 0 Å². The molecule has 2 amide bonds. The molecular weight excluding hydrogens is 314 g/mol. The van der Waals surface area contributed by atoms with E-state index in [1.54, 1.807) is 10.3 Å². The zero-order chi connectivity index (χ0) is 15.2. The fraction of sp³-hybridized carbons (Fsp3) is 0.500. The number of carbonyl (C=O) groups excluding carboxylic acids is 3. The number of nitrogens with zero attached hydrogens (tertiary/aromatic N) is 2. The Bertz CT molecular complexity index is 546. The third-order valence-corrected chi connectivity index (χ3v) is 4.50. The largest absolute Gasteiger partial charge is 0.469 e. The van der Waals surface area contributed by atoms with Gasteiger partial charge in [0.1, 0.15) is 0 Å². The number of hydrogen-bond donors (Lipinski definition) is 1. The molecule has 1 aromatic heterocycles. The molecule has 1 N–H and O–H groups in total. The van der Waals surface area contributed by atoms with Gasteiger partial charge in [-0.3, -0.25) is 14.4 Å². The van der Waals surface area contributed by atoms with Gasteiger partial charge in [0.15, 0.2) is 5.13 Å². The van der Waals surface area contributed by atoms with Gasteiger partial charge in [0.2, 0.25) is 5.91 Å². The van der Waals surface area contributed by atoms with Crippen molar-refractivity contribution in [2.75, 3.05) is 31.3 Å². The van der Waals surface area contributed by atoms with Crippen LogP contribution in [-0.2, 0) is 20.7 Å². The lowest BCUT2D eigenvalue weighted by atomic mass is 10.3. The van der Waals surface area contributed by atoms with Gasteiger partial charge in [-0.15, -0.1) is 11.3 Å². The van der Waals surface area contributed by atoms with E-state index < -0.39 is 0 Å². The molecular formula is C12H15N3O4S2. The Morgan fingerprint density at radius 2 is 2.33 bits per heavy atom. The molecule has 0 aliphatic carbocycles. The van der Waals surface area contributed by atoms with Gasteiger partial charge in [-0.05, 0) is 0 Å². The fourth-order valence-electron chi connectivity index (χ4n) is 1.71. The molecule has 1 saturated heterocycles. The summed E-state index contributed by atoms with van der Waals surface area (Å²) >= 11 is 2.53. The van der Waals surface area contributed by atoms with Gasteiger partial charge in [-0.2, -0.15) is 0 Å². The minimum atomic E-state index is -0.372. The molecule has 1 aliphatic rings. The zero-order valence-electron chi connectivity index (χ0n) is 11.5. The lowest BCUT2D eigenvalue weighted by Gasteiger charge is -2.13. The van der Waals surface area contributed by atoms with E-state index in [-0.39, 0.29) is 30.0 Å². The molecule has 2 heterocycles. The van der Waals surface area contributed by atoms with Crippen molar-refractivity contribution in [1.29, 1.82) is 0 Å². The SMILES string of the molecule is COC(=O)Cc1csc(NC(=O)CCN2CCSC2=O)n1. The van der Waals surface area contributed by atoms with E-state index in [2.05, 4.69) is 15.0 Å². The minimum Gasteiger partial charge on any atom is -0.469 e. The van der Waals surface area contributed by atoms with E-state index >= 15 is 0 Å². The Kier molecular flexibility index (Phi) is 5.57. The van der Waals surface area contributed by atoms with Crippen molar-refractivity contribution in [2.24, 2.45) is 0 Å². The summed E-state index contributed by atoms with van der Waals surface area (Å²) in [4.78, 5) is 40.1. The highest BCUT2D eigenvalue weighted by Gasteiger charge is 2.21. The number of nitrogens with one attached hydrogen (secondary N) is 1. The van der Waals surface area contributed by atoms with Gasteiger partial charge < -0.3 is 15.0 Å². The van der Waals surface area contributed by atoms with Gasteiger partial charge in [0.25, 0.3) is 5.24 Å². The summed E-state index contributed by atoms with van der Waals surface area (Å²) in [6.45, 7) is 1.11. The Hall–Kier alpha value is -1.61. The number of amides is 2. The lowest BCUT2D eigenvalue weighted by Crippen LogP contribution is -2.27. The molecule has 7 nitrogen and oxygen atoms in total. The van der Waals surface area contributed by atoms with Crippen molar-refractivity contribution in [3.63, 3.8) is 0 Å². The summed E-state index contributed by atoms with van der Waals surface area (Å²) in [7, 11) is 1.31. The van der Waals surface area contributed by atoms with Crippen LogP contribution in [0.5, 0.6) is 0 Å². The fourth-order valence-corrected chi connectivity index (χ4v) is 3.29. The first-order chi connectivity index (χ1) is 10.1. The first-order valence-corrected chi connectivity index (χ1v) is 8.18. The number of thiazole rings is 1. The molecule has 0 atom stereocenters. The van der Waals surface area contributed by atoms with Crippen molar-refractivity contribution >= 4 is 45.3 Å². The smallest absolute Gasteiger partial charge is 0.311 e. The summed E-state index contributed by atoms with van der Waals surface area (Å²) in [5.41, 5.74) is 0.563. The molecule has 1 aromatic rings. The van der Waals surface area contributed by atoms with Gasteiger partial charge in [0, 0.05) is 30.6 Å². The highest BCUT2D eigenvalue weighted by molar-refractivity contribution is 8.13. The highest BCUT2D eigenvalue weighted by Crippen LogP contribution is 2.18. The van der Waals surface area contributed by atoms with Crippen molar-refractivity contribution in [1.82, 2.24) is 9.88 Å². The van der Waals surface area contributed by atoms with E-state index in [0.717, 1.165) is 5.75 Å². The Balaban J connectivity index is 1.77. The molecule has 1 aliphatic heterocycles. The molecule has 21 heavy (non-hydrogen) atoms. The van der Waals surface area contributed by atoms with Crippen LogP contribution in [0.4, 0.5) is 9.93 Å². The maximum absolute atomic E-state index is 11.8. The number of hydrogen-bond acceptors (Lipinski definition) is 7. The standard InChI is InChI=1S/C12H15N3O4S2/c1-19-10(17)6-8-7-21-11(13-8)14-9(16)2-3-15-4-5-20-12(15)18/h7H,2-6H2,1H3,(H,13,14,16). The average molecular weight is 329 g/mol. The molecule has 114 valence electrons. The summed E-state index contributed by atoms with van der Waals surface area (Å²) in [6.07, 6.45) is 0.320. The second-order valence-corrected chi connectivity index (χ2v) is 6.20. The van der Waals surface area contributed by atoms with Crippen molar-refractivity contribution in [3.8, 4) is 0 Å². The molecule has 0 unspecified atom stereocenters. The molecule has 1 fully saturated rings. The predicted molar refractivity (Wildman–Crippen MR) is 80.5 cm³/mol. The molecule has 2 rings (SSSR count). The number of carbonyl (C=O) groups is 3. The van der Waals surface area contributed by atoms with Crippen LogP contribution in [0, 0.1) is 0 Å². The van der Waals surface area contributed by atoms with E-state index in [1.807, 2.05) is 0 Å². The first-order valence-electron chi connectivity index (χ1n) is 6.31. The predicted octanol–water partition coefficient (Wildman–Crippen LogP) is 1.36. The number of esters is 1. The first kappa shape index (κ1) is 15.8. The second-order valence-electron chi connectivity index (χ2n) is 4.30. The number of thioether (sulfide) groups is 1. The Morgan fingerprint density at radius 3 is 3.00 bits per heavy atom. The van der Waals surface area contributed by atoms with Crippen LogP contribution in [0.1, 0.15) is 12.1 Å². The van der Waals surface area contributed by atoms with Crippen molar-refractivity contribution in [3.05, 3.63) is 11.1 Å². The summed E-state index contributed by atoms with van der Waals surface area (Å²) in [5.74, 6) is 0.214. The number of ether oxygens (including phenoxy) is 1. The van der Waals surface area contributed by atoms with Gasteiger partial charge in [0.05, 0.1) is 19.2 Å². The van der Waals surface area contributed by atoms with Gasteiger partial charge in [-0.25, -0.2) is 4.98 Å². The average Bonchev–Trinajstić information content (AvgIpc) is 3.05. The third kappa shape index (κ3) is 4.71. The number of aromatic nitrogens is 1. The second kappa shape index (κ2) is 7.41. The summed E-state index contributed by atoms with van der Waals surface area (Å²) in [6, 6.07) is 0. The van der Waals surface area contributed by atoms with E-state index in [1.165, 1.54) is 30.2 Å². The molecule has 0 saturated carbocycles. The molecule has 0 radical (unpaired) electrons. The Labute approximate surface area is 130 Å². The molecule has 0 spiro atoms. The monoisotopic (exact) mass is 329 g/mol. The van der Waals surface area contributed by atoms with Crippen LogP contribution in [0.25, 0.3) is 0 Å².